The number of carboxylic acids is 1. The second kappa shape index (κ2) is 8.41. The fourth-order valence-corrected chi connectivity index (χ4v) is 2.64. The van der Waals surface area contributed by atoms with Crippen LogP contribution in [0.25, 0.3) is 0 Å². The lowest BCUT2D eigenvalue weighted by Gasteiger charge is -2.30. The first-order chi connectivity index (χ1) is 12.7. The molecule has 0 radical (unpaired) electrons. The minimum atomic E-state index is -1.92. The highest BCUT2D eigenvalue weighted by atomic mass is 16.6. The highest BCUT2D eigenvalue weighted by molar-refractivity contribution is 6.07. The van der Waals surface area contributed by atoms with Crippen LogP contribution in [0.3, 0.4) is 0 Å². The minimum absolute atomic E-state index is 0.218. The molecule has 0 bridgehead atoms. The number of imide groups is 2. The van der Waals surface area contributed by atoms with Crippen molar-refractivity contribution in [3.63, 3.8) is 0 Å². The standard InChI is InChI=1S/C17H19N3O7/c1-9(18)15(23)20(17(26)27-8-10-5-3-2-4-6-10)13(16(24)25)11-7-12(21)19-14(11)22/h2-6,9,11,13H,7-8,18H2,1H3,(H,24,25)(H,19,21,22)/t9-,11?,13?/m1/s1. The van der Waals surface area contributed by atoms with Gasteiger partial charge < -0.3 is 15.6 Å². The van der Waals surface area contributed by atoms with Crippen LogP contribution in [0.5, 0.6) is 0 Å². The molecule has 1 aromatic carbocycles. The van der Waals surface area contributed by atoms with Gasteiger partial charge >= 0.3 is 12.1 Å². The predicted molar refractivity (Wildman–Crippen MR) is 89.8 cm³/mol. The molecular weight excluding hydrogens is 358 g/mol. The molecule has 10 heteroatoms. The Morgan fingerprint density at radius 2 is 1.93 bits per heavy atom. The third kappa shape index (κ3) is 4.67. The van der Waals surface area contributed by atoms with Gasteiger partial charge in [-0.1, -0.05) is 30.3 Å². The number of carboxylic acid groups (broad SMARTS) is 1. The number of nitrogens with two attached hydrogens (primary N) is 1. The van der Waals surface area contributed by atoms with Crippen molar-refractivity contribution in [1.29, 1.82) is 0 Å². The van der Waals surface area contributed by atoms with E-state index in [1.807, 2.05) is 5.32 Å². The Morgan fingerprint density at radius 3 is 2.41 bits per heavy atom. The van der Waals surface area contributed by atoms with E-state index < -0.39 is 54.2 Å². The maximum atomic E-state index is 12.5. The zero-order chi connectivity index (χ0) is 20.1. The van der Waals surface area contributed by atoms with E-state index in [1.165, 1.54) is 6.92 Å². The first-order valence-corrected chi connectivity index (χ1v) is 8.08. The Kier molecular flexibility index (Phi) is 6.24. The Bertz CT molecular complexity index is 763. The number of hydrogen-bond donors (Lipinski definition) is 3. The summed E-state index contributed by atoms with van der Waals surface area (Å²) in [5.74, 6) is -5.67. The van der Waals surface area contributed by atoms with E-state index in [9.17, 15) is 29.1 Å². The maximum absolute atomic E-state index is 12.5. The van der Waals surface area contributed by atoms with Crippen LogP contribution in [-0.4, -0.2) is 51.9 Å². The average Bonchev–Trinajstić information content (AvgIpc) is 2.95. The van der Waals surface area contributed by atoms with E-state index in [0.29, 0.717) is 10.5 Å². The SMILES string of the molecule is C[C@@H](N)C(=O)N(C(=O)OCc1ccccc1)C(C(=O)O)C1CC(=O)NC1=O. The largest absolute Gasteiger partial charge is 0.480 e. The molecule has 1 saturated heterocycles. The van der Waals surface area contributed by atoms with Crippen LogP contribution in [0.1, 0.15) is 18.9 Å². The second-order valence-electron chi connectivity index (χ2n) is 6.04. The molecule has 2 rings (SSSR count). The number of ether oxygens (including phenoxy) is 1. The Morgan fingerprint density at radius 1 is 1.30 bits per heavy atom. The topological polar surface area (TPSA) is 156 Å². The molecule has 144 valence electrons. The van der Waals surface area contributed by atoms with Gasteiger partial charge in [-0.2, -0.15) is 0 Å². The van der Waals surface area contributed by atoms with Crippen LogP contribution >= 0.6 is 0 Å². The molecule has 10 nitrogen and oxygen atoms in total. The molecule has 27 heavy (non-hydrogen) atoms. The maximum Gasteiger partial charge on any atom is 0.417 e. The first kappa shape index (κ1) is 20.0. The lowest BCUT2D eigenvalue weighted by Crippen LogP contribution is -2.57. The van der Waals surface area contributed by atoms with Crippen molar-refractivity contribution in [2.75, 3.05) is 0 Å². The molecule has 4 amide bonds. The van der Waals surface area contributed by atoms with Gasteiger partial charge in [0, 0.05) is 6.42 Å². The predicted octanol–water partition coefficient (Wildman–Crippen LogP) is -0.385. The molecule has 4 N–H and O–H groups in total. The smallest absolute Gasteiger partial charge is 0.417 e. The van der Waals surface area contributed by atoms with Crippen LogP contribution in [0.4, 0.5) is 4.79 Å². The molecule has 3 atom stereocenters. The molecule has 1 aliphatic rings. The molecule has 1 heterocycles. The quantitative estimate of drug-likeness (QED) is 0.566. The number of rotatable bonds is 6. The normalized spacial score (nSPS) is 18.4. The molecule has 1 aliphatic heterocycles. The van der Waals surface area contributed by atoms with Crippen LogP contribution in [0.2, 0.25) is 0 Å². The minimum Gasteiger partial charge on any atom is -0.480 e. The van der Waals surface area contributed by atoms with Gasteiger partial charge in [-0.25, -0.2) is 14.5 Å². The third-order valence-corrected chi connectivity index (χ3v) is 3.95. The van der Waals surface area contributed by atoms with Gasteiger partial charge in [0.15, 0.2) is 6.04 Å². The highest BCUT2D eigenvalue weighted by Gasteiger charge is 2.48. The Hall–Kier alpha value is -3.27. The van der Waals surface area contributed by atoms with Crippen molar-refractivity contribution in [3.05, 3.63) is 35.9 Å². The number of carbonyl (C=O) groups is 5. The Labute approximate surface area is 154 Å². The zero-order valence-corrected chi connectivity index (χ0v) is 14.5. The van der Waals surface area contributed by atoms with E-state index in [1.54, 1.807) is 30.3 Å². The number of benzene rings is 1. The van der Waals surface area contributed by atoms with Gasteiger partial charge in [-0.15, -0.1) is 0 Å². The first-order valence-electron chi connectivity index (χ1n) is 8.08. The van der Waals surface area contributed by atoms with Crippen molar-refractivity contribution in [3.8, 4) is 0 Å². The molecule has 1 aromatic rings. The van der Waals surface area contributed by atoms with Crippen molar-refractivity contribution in [2.45, 2.75) is 32.0 Å². The molecule has 2 unspecified atom stereocenters. The van der Waals surface area contributed by atoms with E-state index in [0.717, 1.165) is 0 Å². The summed E-state index contributed by atoms with van der Waals surface area (Å²) in [7, 11) is 0. The number of hydrogen-bond acceptors (Lipinski definition) is 7. The average molecular weight is 377 g/mol. The third-order valence-electron chi connectivity index (χ3n) is 3.95. The summed E-state index contributed by atoms with van der Waals surface area (Å²) in [6.07, 6.45) is -1.73. The van der Waals surface area contributed by atoms with Gasteiger partial charge in [0.2, 0.25) is 17.7 Å². The van der Waals surface area contributed by atoms with Gasteiger partial charge in [0.25, 0.3) is 0 Å². The number of amides is 4. The van der Waals surface area contributed by atoms with Gasteiger partial charge in [-0.05, 0) is 12.5 Å². The summed E-state index contributed by atoms with van der Waals surface area (Å²) in [4.78, 5) is 60.3. The fraction of sp³-hybridized carbons (Fsp3) is 0.353. The van der Waals surface area contributed by atoms with Crippen LogP contribution in [0, 0.1) is 5.92 Å². The van der Waals surface area contributed by atoms with E-state index in [4.69, 9.17) is 10.5 Å². The van der Waals surface area contributed by atoms with E-state index in [2.05, 4.69) is 0 Å². The van der Waals surface area contributed by atoms with Gasteiger partial charge in [-0.3, -0.25) is 19.7 Å². The lowest BCUT2D eigenvalue weighted by atomic mass is 9.96. The van der Waals surface area contributed by atoms with Crippen molar-refractivity contribution < 1.29 is 33.8 Å². The zero-order valence-electron chi connectivity index (χ0n) is 14.5. The van der Waals surface area contributed by atoms with Crippen LogP contribution < -0.4 is 11.1 Å². The summed E-state index contributed by atoms with van der Waals surface area (Å²) in [6, 6.07) is 5.37. The molecule has 0 saturated carbocycles. The molecule has 0 spiro atoms. The summed E-state index contributed by atoms with van der Waals surface area (Å²) < 4.78 is 5.04. The van der Waals surface area contributed by atoms with Crippen molar-refractivity contribution in [1.82, 2.24) is 10.2 Å². The summed E-state index contributed by atoms with van der Waals surface area (Å²) in [6.45, 7) is 1.04. The van der Waals surface area contributed by atoms with Gasteiger partial charge in [0.1, 0.15) is 6.61 Å². The second-order valence-corrected chi connectivity index (χ2v) is 6.04. The number of nitrogens with zero attached hydrogens (tertiary/aromatic N) is 1. The highest BCUT2D eigenvalue weighted by Crippen LogP contribution is 2.22. The number of aliphatic carboxylic acids is 1. The summed E-state index contributed by atoms with van der Waals surface area (Å²) in [5.41, 5.74) is 6.13. The molecule has 0 aromatic heterocycles. The van der Waals surface area contributed by atoms with Crippen LogP contribution in [-0.2, 0) is 30.5 Å². The number of nitrogens with one attached hydrogen (secondary N) is 1. The lowest BCUT2D eigenvalue weighted by molar-refractivity contribution is -0.153. The molecule has 0 aliphatic carbocycles. The Balaban J connectivity index is 2.29. The van der Waals surface area contributed by atoms with Crippen LogP contribution in [0.15, 0.2) is 30.3 Å². The van der Waals surface area contributed by atoms with Crippen molar-refractivity contribution >= 4 is 29.8 Å². The van der Waals surface area contributed by atoms with E-state index in [-0.39, 0.29) is 6.61 Å². The van der Waals surface area contributed by atoms with Crippen molar-refractivity contribution in [2.24, 2.45) is 11.7 Å². The summed E-state index contributed by atoms with van der Waals surface area (Å²) >= 11 is 0. The molecular formula is C17H19N3O7. The summed E-state index contributed by atoms with van der Waals surface area (Å²) in [5, 5.41) is 11.5. The number of carbonyl (C=O) groups excluding carboxylic acids is 4. The van der Waals surface area contributed by atoms with Gasteiger partial charge in [0.05, 0.1) is 12.0 Å². The monoisotopic (exact) mass is 377 g/mol. The molecule has 1 fully saturated rings. The fourth-order valence-electron chi connectivity index (χ4n) is 2.64. The van der Waals surface area contributed by atoms with E-state index >= 15 is 0 Å².